The summed E-state index contributed by atoms with van der Waals surface area (Å²) in [5, 5.41) is 18.7. The maximum atomic E-state index is 11.9. The van der Waals surface area contributed by atoms with Crippen molar-refractivity contribution >= 4 is 17.1 Å². The highest BCUT2D eigenvalue weighted by atomic mass is 19.4. The van der Waals surface area contributed by atoms with Crippen LogP contribution in [0.25, 0.3) is 10.8 Å². The van der Waals surface area contributed by atoms with Crippen LogP contribution >= 0.6 is 0 Å². The van der Waals surface area contributed by atoms with Crippen LogP contribution in [-0.4, -0.2) is 47.8 Å². The largest absolute Gasteiger partial charge is 0.507 e. The Labute approximate surface area is 189 Å². The Hall–Kier alpha value is -2.12. The van der Waals surface area contributed by atoms with Crippen molar-refractivity contribution in [2.45, 2.75) is 58.7 Å². The molecule has 1 aliphatic heterocycles. The van der Waals surface area contributed by atoms with Gasteiger partial charge in [0.05, 0.1) is 5.92 Å². The number of alkyl halides is 3. The first kappa shape index (κ1) is 27.9. The van der Waals surface area contributed by atoms with Crippen molar-refractivity contribution < 1.29 is 28.2 Å². The van der Waals surface area contributed by atoms with E-state index >= 15 is 0 Å². The molecule has 1 saturated carbocycles. The average molecular weight is 456 g/mol. The number of rotatable bonds is 3. The number of aliphatic hydroxyl groups is 1. The number of aliphatic hydroxyl groups excluding tert-OH is 1. The van der Waals surface area contributed by atoms with Crippen molar-refractivity contribution in [3.63, 3.8) is 0 Å². The zero-order valence-electron chi connectivity index (χ0n) is 19.2. The Balaban J connectivity index is 0.000000312. The maximum Gasteiger partial charge on any atom is 0.391 e. The van der Waals surface area contributed by atoms with Crippen molar-refractivity contribution in [3.8, 4) is 5.75 Å². The van der Waals surface area contributed by atoms with E-state index in [4.69, 9.17) is 5.11 Å². The van der Waals surface area contributed by atoms with E-state index in [1.54, 1.807) is 6.07 Å². The van der Waals surface area contributed by atoms with Crippen LogP contribution in [0.5, 0.6) is 5.75 Å². The second kappa shape index (κ2) is 14.1. The minimum absolute atomic E-state index is 0.217. The van der Waals surface area contributed by atoms with Crippen molar-refractivity contribution in [2.75, 3.05) is 20.2 Å². The number of phenols is 1. The molecular weight excluding hydrogens is 419 g/mol. The molecule has 1 aliphatic carbocycles. The summed E-state index contributed by atoms with van der Waals surface area (Å²) in [6, 6.07) is 11.7. The lowest BCUT2D eigenvalue weighted by atomic mass is 9.89. The van der Waals surface area contributed by atoms with Crippen molar-refractivity contribution in [1.82, 2.24) is 4.90 Å². The van der Waals surface area contributed by atoms with Gasteiger partial charge in [0.2, 0.25) is 0 Å². The van der Waals surface area contributed by atoms with E-state index in [0.717, 1.165) is 63.1 Å². The monoisotopic (exact) mass is 455 g/mol. The summed E-state index contributed by atoms with van der Waals surface area (Å²) in [6.45, 7) is 6.60. The van der Waals surface area contributed by atoms with Crippen LogP contribution in [0.1, 0.15) is 51.5 Å². The number of aromatic hydroxyl groups is 1. The third kappa shape index (κ3) is 8.43. The Morgan fingerprint density at radius 1 is 1.03 bits per heavy atom. The second-order valence-corrected chi connectivity index (χ2v) is 7.80. The number of halogens is 3. The van der Waals surface area contributed by atoms with Crippen LogP contribution in [-0.2, 0) is 11.3 Å². The van der Waals surface area contributed by atoms with Gasteiger partial charge in [-0.25, -0.2) is 0 Å². The summed E-state index contributed by atoms with van der Waals surface area (Å²) in [6.07, 6.45) is 0.295. The van der Waals surface area contributed by atoms with Gasteiger partial charge in [-0.1, -0.05) is 57.4 Å². The zero-order chi connectivity index (χ0) is 24.1. The molecule has 1 saturated heterocycles. The van der Waals surface area contributed by atoms with Gasteiger partial charge in [0.25, 0.3) is 0 Å². The number of nitrogens with zero attached hydrogens (tertiary/aromatic N) is 1. The van der Waals surface area contributed by atoms with Gasteiger partial charge in [0.15, 0.2) is 0 Å². The highest BCUT2D eigenvalue weighted by molar-refractivity contribution is 5.88. The molecule has 0 radical (unpaired) electrons. The highest BCUT2D eigenvalue weighted by Crippen LogP contribution is 2.37. The summed E-state index contributed by atoms with van der Waals surface area (Å²) in [7, 11) is 1.00. The fourth-order valence-corrected chi connectivity index (χ4v) is 3.93. The van der Waals surface area contributed by atoms with E-state index in [-0.39, 0.29) is 5.92 Å². The molecule has 4 rings (SSSR count). The van der Waals surface area contributed by atoms with Crippen LogP contribution in [0, 0.1) is 11.8 Å². The van der Waals surface area contributed by atoms with Gasteiger partial charge in [0.1, 0.15) is 12.0 Å². The standard InChI is InChI=1S/C15H15NO2.C7H11F3.C2H6.CH4O/c17-10-12-8-16(9-12)7-11-4-5-14-13(6-11)2-1-3-15(14)18;8-7(9,10)6-4-2-1-3-5-6;2*1-2/h1-6,10,12,18H,7-9H2;6H,1-5H2;1-2H3;2H,1H3. The Bertz CT molecular complexity index is 799. The normalized spacial score (nSPS) is 17.0. The summed E-state index contributed by atoms with van der Waals surface area (Å²) in [5.74, 6) is -0.459. The fraction of sp³-hybridized carbons (Fsp3) is 0.560. The molecule has 180 valence electrons. The van der Waals surface area contributed by atoms with E-state index < -0.39 is 12.1 Å². The number of carbonyl (C=O) groups excluding carboxylic acids is 1. The van der Waals surface area contributed by atoms with Crippen LogP contribution in [0.2, 0.25) is 0 Å². The molecule has 2 fully saturated rings. The molecule has 1 heterocycles. The lowest BCUT2D eigenvalue weighted by molar-refractivity contribution is -0.181. The number of hydrogen-bond acceptors (Lipinski definition) is 4. The summed E-state index contributed by atoms with van der Waals surface area (Å²) in [4.78, 5) is 12.8. The lowest BCUT2D eigenvalue weighted by Gasteiger charge is -2.36. The minimum Gasteiger partial charge on any atom is -0.507 e. The molecule has 2 N–H and O–H groups in total. The Kier molecular flexibility index (Phi) is 12.3. The van der Waals surface area contributed by atoms with Gasteiger partial charge >= 0.3 is 6.18 Å². The number of likely N-dealkylation sites (tertiary alicyclic amines) is 1. The SMILES string of the molecule is CC.CO.FC(F)(F)C1CCCCC1.O=CC1CN(Cc2ccc3c(O)cccc3c2)C1. The maximum absolute atomic E-state index is 11.9. The second-order valence-electron chi connectivity index (χ2n) is 7.80. The first-order chi connectivity index (χ1) is 15.4. The van der Waals surface area contributed by atoms with E-state index in [9.17, 15) is 23.1 Å². The molecule has 2 aromatic carbocycles. The lowest BCUT2D eigenvalue weighted by Crippen LogP contribution is -2.46. The highest BCUT2D eigenvalue weighted by Gasteiger charge is 2.39. The summed E-state index contributed by atoms with van der Waals surface area (Å²) in [5.41, 5.74) is 1.22. The fourth-order valence-electron chi connectivity index (χ4n) is 3.93. The van der Waals surface area contributed by atoms with Crippen molar-refractivity contribution in [2.24, 2.45) is 11.8 Å². The first-order valence-corrected chi connectivity index (χ1v) is 11.3. The number of fused-ring (bicyclic) bond motifs is 1. The number of phenolic OH excluding ortho intramolecular Hbond substituents is 1. The molecule has 0 unspecified atom stereocenters. The molecule has 2 aromatic rings. The molecule has 2 aliphatic rings. The van der Waals surface area contributed by atoms with Gasteiger partial charge in [-0.3, -0.25) is 4.90 Å². The molecule has 0 amide bonds. The summed E-state index contributed by atoms with van der Waals surface area (Å²) < 4.78 is 35.8. The molecule has 0 aromatic heterocycles. The quantitative estimate of drug-likeness (QED) is 0.563. The molecule has 0 atom stereocenters. The summed E-state index contributed by atoms with van der Waals surface area (Å²) >= 11 is 0. The van der Waals surface area contributed by atoms with Crippen LogP contribution < -0.4 is 0 Å². The molecule has 7 heteroatoms. The van der Waals surface area contributed by atoms with Crippen LogP contribution in [0.4, 0.5) is 13.2 Å². The number of carbonyl (C=O) groups is 1. The smallest absolute Gasteiger partial charge is 0.391 e. The minimum atomic E-state index is -3.93. The molecular formula is C25H36F3NO3. The van der Waals surface area contributed by atoms with Gasteiger partial charge in [-0.2, -0.15) is 13.2 Å². The van der Waals surface area contributed by atoms with E-state index in [0.29, 0.717) is 18.6 Å². The van der Waals surface area contributed by atoms with Gasteiger partial charge in [-0.05, 0) is 35.9 Å². The molecule has 0 bridgehead atoms. The number of benzene rings is 2. The number of aldehydes is 1. The third-order valence-corrected chi connectivity index (χ3v) is 5.57. The van der Waals surface area contributed by atoms with Crippen molar-refractivity contribution in [1.29, 1.82) is 0 Å². The topological polar surface area (TPSA) is 60.8 Å². The van der Waals surface area contributed by atoms with Gasteiger partial charge < -0.3 is 15.0 Å². The van der Waals surface area contributed by atoms with E-state index in [1.165, 1.54) is 5.56 Å². The van der Waals surface area contributed by atoms with Crippen LogP contribution in [0.15, 0.2) is 36.4 Å². The number of hydrogen-bond donors (Lipinski definition) is 2. The zero-order valence-corrected chi connectivity index (χ0v) is 19.2. The third-order valence-electron chi connectivity index (χ3n) is 5.57. The molecule has 0 spiro atoms. The average Bonchev–Trinajstić information content (AvgIpc) is 2.79. The van der Waals surface area contributed by atoms with E-state index in [2.05, 4.69) is 11.0 Å². The molecule has 32 heavy (non-hydrogen) atoms. The van der Waals surface area contributed by atoms with Crippen LogP contribution in [0.3, 0.4) is 0 Å². The predicted octanol–water partition coefficient (Wildman–Crippen LogP) is 5.94. The predicted molar refractivity (Wildman–Crippen MR) is 123 cm³/mol. The van der Waals surface area contributed by atoms with Gasteiger partial charge in [-0.15, -0.1) is 0 Å². The Morgan fingerprint density at radius 3 is 2.19 bits per heavy atom. The van der Waals surface area contributed by atoms with Crippen molar-refractivity contribution in [3.05, 3.63) is 42.0 Å². The molecule has 4 nitrogen and oxygen atoms in total. The van der Waals surface area contributed by atoms with E-state index in [1.807, 2.05) is 38.1 Å². The first-order valence-electron chi connectivity index (χ1n) is 11.3. The van der Waals surface area contributed by atoms with Gasteiger partial charge in [0, 0.05) is 38.0 Å². The Morgan fingerprint density at radius 2 is 1.66 bits per heavy atom.